The molecule has 2 fully saturated rings. The van der Waals surface area contributed by atoms with Gasteiger partial charge in [-0.2, -0.15) is 0 Å². The molecule has 19 heavy (non-hydrogen) atoms. The molecule has 0 amide bonds. The van der Waals surface area contributed by atoms with Gasteiger partial charge in [0, 0.05) is 39.4 Å². The normalized spacial score (nSPS) is 32.2. The van der Waals surface area contributed by atoms with Gasteiger partial charge in [0.05, 0.1) is 17.4 Å². The van der Waals surface area contributed by atoms with Crippen LogP contribution >= 0.6 is 0 Å². The van der Waals surface area contributed by atoms with Crippen LogP contribution in [0.1, 0.15) is 30.7 Å². The standard InChI is InChI=1S/C14H22N2O3/c1-11-8-12(15-19-11)9-16-6-5-14(4-3-7-18-14)13(10-16)17-2/h8,13H,3-7,9-10H2,1-2H3/t13-,14-/m0/s1. The lowest BCUT2D eigenvalue weighted by atomic mass is 9.86. The molecule has 1 aromatic rings. The first-order chi connectivity index (χ1) is 9.22. The Morgan fingerprint density at radius 3 is 3.05 bits per heavy atom. The van der Waals surface area contributed by atoms with Crippen molar-refractivity contribution < 1.29 is 14.0 Å². The molecule has 1 spiro atoms. The summed E-state index contributed by atoms with van der Waals surface area (Å²) < 4.78 is 16.8. The predicted molar refractivity (Wildman–Crippen MR) is 69.8 cm³/mol. The number of hydrogen-bond acceptors (Lipinski definition) is 5. The van der Waals surface area contributed by atoms with E-state index in [1.807, 2.05) is 13.0 Å². The third kappa shape index (κ3) is 2.55. The first-order valence-corrected chi connectivity index (χ1v) is 7.03. The predicted octanol–water partition coefficient (Wildman–Crippen LogP) is 1.75. The highest BCUT2D eigenvalue weighted by Crippen LogP contribution is 2.37. The molecule has 0 N–H and O–H groups in total. The van der Waals surface area contributed by atoms with E-state index in [1.54, 1.807) is 7.11 Å². The van der Waals surface area contributed by atoms with Gasteiger partial charge in [0.2, 0.25) is 0 Å². The van der Waals surface area contributed by atoms with Crippen LogP contribution in [0.4, 0.5) is 0 Å². The van der Waals surface area contributed by atoms with E-state index in [4.69, 9.17) is 14.0 Å². The monoisotopic (exact) mass is 266 g/mol. The summed E-state index contributed by atoms with van der Waals surface area (Å²) in [7, 11) is 1.79. The maximum atomic E-state index is 6.00. The van der Waals surface area contributed by atoms with Crippen LogP contribution in [0.15, 0.2) is 10.6 Å². The number of aryl methyl sites for hydroxylation is 1. The van der Waals surface area contributed by atoms with Gasteiger partial charge in [-0.1, -0.05) is 5.16 Å². The summed E-state index contributed by atoms with van der Waals surface area (Å²) in [5, 5.41) is 4.06. The summed E-state index contributed by atoms with van der Waals surface area (Å²) in [5.74, 6) is 0.867. The summed E-state index contributed by atoms with van der Waals surface area (Å²) in [6.07, 6.45) is 3.49. The van der Waals surface area contributed by atoms with Gasteiger partial charge in [0.1, 0.15) is 5.76 Å². The second-order valence-electron chi connectivity index (χ2n) is 5.66. The summed E-state index contributed by atoms with van der Waals surface area (Å²) in [5.41, 5.74) is 0.959. The maximum Gasteiger partial charge on any atom is 0.133 e. The van der Waals surface area contributed by atoms with Crippen LogP contribution in [-0.4, -0.2) is 48.6 Å². The number of likely N-dealkylation sites (tertiary alicyclic amines) is 1. The first-order valence-electron chi connectivity index (χ1n) is 7.03. The zero-order valence-corrected chi connectivity index (χ0v) is 11.7. The van der Waals surface area contributed by atoms with Gasteiger partial charge in [0.15, 0.2) is 0 Å². The van der Waals surface area contributed by atoms with Crippen LogP contribution in [0, 0.1) is 6.92 Å². The molecule has 0 aliphatic carbocycles. The van der Waals surface area contributed by atoms with Crippen molar-refractivity contribution in [2.45, 2.75) is 44.4 Å². The Kier molecular flexibility index (Phi) is 3.60. The van der Waals surface area contributed by atoms with E-state index in [1.165, 1.54) is 0 Å². The molecule has 0 bridgehead atoms. The maximum absolute atomic E-state index is 6.00. The topological polar surface area (TPSA) is 47.7 Å². The number of piperidine rings is 1. The number of rotatable bonds is 3. The molecule has 2 aliphatic rings. The minimum atomic E-state index is -0.0367. The van der Waals surface area contributed by atoms with E-state index in [2.05, 4.69) is 10.1 Å². The lowest BCUT2D eigenvalue weighted by Gasteiger charge is -2.44. The Bertz CT molecular complexity index is 426. The molecule has 106 valence electrons. The Balaban J connectivity index is 1.64. The zero-order valence-electron chi connectivity index (χ0n) is 11.7. The smallest absolute Gasteiger partial charge is 0.133 e. The summed E-state index contributed by atoms with van der Waals surface area (Å²) >= 11 is 0. The average molecular weight is 266 g/mol. The van der Waals surface area contributed by atoms with Crippen molar-refractivity contribution in [2.75, 3.05) is 26.8 Å². The van der Waals surface area contributed by atoms with Crippen LogP contribution in [0.2, 0.25) is 0 Å². The zero-order chi connectivity index (χ0) is 13.3. The molecule has 0 saturated carbocycles. The van der Waals surface area contributed by atoms with E-state index in [0.29, 0.717) is 0 Å². The van der Waals surface area contributed by atoms with E-state index >= 15 is 0 Å². The third-order valence-corrected chi connectivity index (χ3v) is 4.34. The van der Waals surface area contributed by atoms with Crippen LogP contribution in [0.25, 0.3) is 0 Å². The van der Waals surface area contributed by atoms with Gasteiger partial charge in [-0.05, 0) is 26.2 Å². The summed E-state index contributed by atoms with van der Waals surface area (Å²) in [6.45, 7) is 5.57. The largest absolute Gasteiger partial charge is 0.377 e. The van der Waals surface area contributed by atoms with Crippen molar-refractivity contribution in [1.29, 1.82) is 0 Å². The van der Waals surface area contributed by atoms with Crippen LogP contribution in [0.5, 0.6) is 0 Å². The van der Waals surface area contributed by atoms with E-state index in [9.17, 15) is 0 Å². The third-order valence-electron chi connectivity index (χ3n) is 4.34. The summed E-state index contributed by atoms with van der Waals surface area (Å²) in [4.78, 5) is 2.37. The van der Waals surface area contributed by atoms with Crippen molar-refractivity contribution in [3.8, 4) is 0 Å². The molecule has 2 aliphatic heterocycles. The average Bonchev–Trinajstić information content (AvgIpc) is 3.02. The van der Waals surface area contributed by atoms with Crippen molar-refractivity contribution in [2.24, 2.45) is 0 Å². The minimum absolute atomic E-state index is 0.0367. The molecule has 1 aromatic heterocycles. The highest BCUT2D eigenvalue weighted by atomic mass is 16.5. The van der Waals surface area contributed by atoms with Gasteiger partial charge in [-0.3, -0.25) is 4.90 Å². The van der Waals surface area contributed by atoms with Crippen molar-refractivity contribution >= 4 is 0 Å². The fraction of sp³-hybridized carbons (Fsp3) is 0.786. The molecule has 3 heterocycles. The quantitative estimate of drug-likeness (QED) is 0.834. The minimum Gasteiger partial charge on any atom is -0.377 e. The summed E-state index contributed by atoms with van der Waals surface area (Å²) in [6, 6.07) is 2.00. The second-order valence-corrected chi connectivity index (χ2v) is 5.66. The van der Waals surface area contributed by atoms with E-state index < -0.39 is 0 Å². The van der Waals surface area contributed by atoms with E-state index in [0.717, 1.165) is 57.0 Å². The molecule has 3 rings (SSSR count). The number of aromatic nitrogens is 1. The number of hydrogen-bond donors (Lipinski definition) is 0. The lowest BCUT2D eigenvalue weighted by molar-refractivity contribution is -0.143. The van der Waals surface area contributed by atoms with Crippen LogP contribution in [0.3, 0.4) is 0 Å². The molecule has 2 saturated heterocycles. The van der Waals surface area contributed by atoms with Crippen molar-refractivity contribution in [3.63, 3.8) is 0 Å². The van der Waals surface area contributed by atoms with Gasteiger partial charge in [-0.15, -0.1) is 0 Å². The highest BCUT2D eigenvalue weighted by molar-refractivity contribution is 5.05. The van der Waals surface area contributed by atoms with Crippen LogP contribution < -0.4 is 0 Å². The number of nitrogens with zero attached hydrogens (tertiary/aromatic N) is 2. The Hall–Kier alpha value is -0.910. The fourth-order valence-electron chi connectivity index (χ4n) is 3.33. The molecule has 0 aromatic carbocycles. The molecular weight excluding hydrogens is 244 g/mol. The Labute approximate surface area is 113 Å². The molecule has 5 heteroatoms. The second kappa shape index (κ2) is 5.23. The molecule has 0 unspecified atom stereocenters. The SMILES string of the molecule is CO[C@H]1CN(Cc2cc(C)on2)CC[C@@]12CCCO2. The fourth-order valence-corrected chi connectivity index (χ4v) is 3.33. The Morgan fingerprint density at radius 2 is 2.42 bits per heavy atom. The van der Waals surface area contributed by atoms with Gasteiger partial charge >= 0.3 is 0 Å². The number of methoxy groups -OCH3 is 1. The van der Waals surface area contributed by atoms with Crippen molar-refractivity contribution in [1.82, 2.24) is 10.1 Å². The Morgan fingerprint density at radius 1 is 1.53 bits per heavy atom. The molecule has 5 nitrogen and oxygen atoms in total. The van der Waals surface area contributed by atoms with Gasteiger partial charge < -0.3 is 14.0 Å². The highest BCUT2D eigenvalue weighted by Gasteiger charge is 2.46. The first kappa shape index (κ1) is 13.1. The molecule has 2 atom stereocenters. The van der Waals surface area contributed by atoms with Crippen LogP contribution in [-0.2, 0) is 16.0 Å². The van der Waals surface area contributed by atoms with E-state index in [-0.39, 0.29) is 11.7 Å². The lowest BCUT2D eigenvalue weighted by Crippen LogP contribution is -2.55. The van der Waals surface area contributed by atoms with Crippen molar-refractivity contribution in [3.05, 3.63) is 17.5 Å². The molecule has 0 radical (unpaired) electrons. The van der Waals surface area contributed by atoms with Gasteiger partial charge in [-0.25, -0.2) is 0 Å². The molecular formula is C14H22N2O3. The number of ether oxygens (including phenoxy) is 2. The van der Waals surface area contributed by atoms with Gasteiger partial charge in [0.25, 0.3) is 0 Å².